The highest BCUT2D eigenvalue weighted by Crippen LogP contribution is 2.30. The van der Waals surface area contributed by atoms with Gasteiger partial charge in [-0.15, -0.1) is 0 Å². The van der Waals surface area contributed by atoms with Crippen LogP contribution in [0.4, 0.5) is 0 Å². The summed E-state index contributed by atoms with van der Waals surface area (Å²) < 4.78 is 0. The van der Waals surface area contributed by atoms with Crippen LogP contribution in [0.15, 0.2) is 103 Å². The van der Waals surface area contributed by atoms with Crippen LogP contribution >= 0.6 is 0 Å². The molecule has 1 aliphatic rings. The highest BCUT2D eigenvalue weighted by molar-refractivity contribution is 5.66. The highest BCUT2D eigenvalue weighted by atomic mass is 15.1. The summed E-state index contributed by atoms with van der Waals surface area (Å²) >= 11 is 0. The van der Waals surface area contributed by atoms with Crippen molar-refractivity contribution >= 4 is 11.6 Å². The summed E-state index contributed by atoms with van der Waals surface area (Å²) in [5, 5.41) is 0. The van der Waals surface area contributed by atoms with Gasteiger partial charge < -0.3 is 4.90 Å². The van der Waals surface area contributed by atoms with Gasteiger partial charge in [0, 0.05) is 18.8 Å². The van der Waals surface area contributed by atoms with Gasteiger partial charge in [0.2, 0.25) is 0 Å². The summed E-state index contributed by atoms with van der Waals surface area (Å²) in [5.74, 6) is 0. The smallest absolute Gasteiger partial charge is 0.0477 e. The number of hydrogen-bond acceptors (Lipinski definition) is 1. The summed E-state index contributed by atoms with van der Waals surface area (Å²) in [4.78, 5) is 2.49. The largest absolute Gasteiger partial charge is 0.366 e. The second kappa shape index (κ2) is 8.55. The molecule has 0 fully saturated rings. The Bertz CT molecular complexity index is 895. The molecule has 3 aromatic carbocycles. The van der Waals surface area contributed by atoms with Crippen molar-refractivity contribution in [1.29, 1.82) is 0 Å². The maximum absolute atomic E-state index is 2.49. The van der Waals surface area contributed by atoms with Gasteiger partial charge in [0.25, 0.3) is 0 Å². The van der Waals surface area contributed by atoms with E-state index in [2.05, 4.69) is 114 Å². The standard InChI is InChI=1S/C26H25N/c1-4-10-22(11-5-1)16-18-26-19-17-25(24-14-8-3-9-15-24)21-27(26)20-23-12-6-2-7-13-23/h1-16,18,21,26H,17,19-20H2/b18-16+/t26-/m0/s1. The van der Waals surface area contributed by atoms with Crippen LogP contribution in [0.2, 0.25) is 0 Å². The molecule has 1 aliphatic heterocycles. The predicted octanol–water partition coefficient (Wildman–Crippen LogP) is 6.41. The highest BCUT2D eigenvalue weighted by Gasteiger charge is 2.20. The predicted molar refractivity (Wildman–Crippen MR) is 115 cm³/mol. The molecule has 3 aromatic rings. The van der Waals surface area contributed by atoms with Gasteiger partial charge in [0.1, 0.15) is 0 Å². The molecule has 1 atom stereocenters. The van der Waals surface area contributed by atoms with Gasteiger partial charge in [0.15, 0.2) is 0 Å². The van der Waals surface area contributed by atoms with E-state index in [-0.39, 0.29) is 0 Å². The Hall–Kier alpha value is -3.06. The summed E-state index contributed by atoms with van der Waals surface area (Å²) in [6, 6.07) is 32.5. The first-order valence-corrected chi connectivity index (χ1v) is 9.67. The van der Waals surface area contributed by atoms with Crippen LogP contribution in [0.25, 0.3) is 11.6 Å². The van der Waals surface area contributed by atoms with Crippen molar-refractivity contribution in [1.82, 2.24) is 4.90 Å². The second-order valence-electron chi connectivity index (χ2n) is 7.05. The van der Waals surface area contributed by atoms with Crippen molar-refractivity contribution in [2.45, 2.75) is 25.4 Å². The molecule has 0 saturated heterocycles. The molecular weight excluding hydrogens is 326 g/mol. The first-order valence-electron chi connectivity index (χ1n) is 9.67. The Balaban J connectivity index is 1.60. The quantitative estimate of drug-likeness (QED) is 0.514. The molecular formula is C26H25N. The van der Waals surface area contributed by atoms with Crippen molar-refractivity contribution in [3.63, 3.8) is 0 Å². The zero-order valence-electron chi connectivity index (χ0n) is 15.5. The van der Waals surface area contributed by atoms with E-state index in [1.165, 1.54) is 22.3 Å². The van der Waals surface area contributed by atoms with Crippen LogP contribution in [0, 0.1) is 0 Å². The van der Waals surface area contributed by atoms with Crippen molar-refractivity contribution in [2.75, 3.05) is 0 Å². The van der Waals surface area contributed by atoms with Crippen molar-refractivity contribution in [3.05, 3.63) is 120 Å². The average Bonchev–Trinajstić information content (AvgIpc) is 2.75. The molecule has 1 heteroatoms. The molecule has 0 aromatic heterocycles. The third-order valence-corrected chi connectivity index (χ3v) is 5.12. The summed E-state index contributed by atoms with van der Waals surface area (Å²) in [7, 11) is 0. The molecule has 1 nitrogen and oxygen atoms in total. The minimum Gasteiger partial charge on any atom is -0.366 e. The summed E-state index contributed by atoms with van der Waals surface area (Å²) in [6.07, 6.45) is 9.22. The Morgan fingerprint density at radius 2 is 1.41 bits per heavy atom. The molecule has 0 N–H and O–H groups in total. The molecule has 0 aliphatic carbocycles. The van der Waals surface area contributed by atoms with Crippen molar-refractivity contribution < 1.29 is 0 Å². The minimum atomic E-state index is 0.415. The van der Waals surface area contributed by atoms with Crippen LogP contribution in [0.3, 0.4) is 0 Å². The normalized spacial score (nSPS) is 17.1. The lowest BCUT2D eigenvalue weighted by Gasteiger charge is -2.34. The summed E-state index contributed by atoms with van der Waals surface area (Å²) in [6.45, 7) is 0.932. The maximum Gasteiger partial charge on any atom is 0.0477 e. The van der Waals surface area contributed by atoms with Gasteiger partial charge in [-0.05, 0) is 35.1 Å². The lowest BCUT2D eigenvalue weighted by Crippen LogP contribution is -2.31. The Morgan fingerprint density at radius 3 is 2.11 bits per heavy atom. The van der Waals surface area contributed by atoms with Crippen LogP contribution in [0.1, 0.15) is 29.5 Å². The number of rotatable bonds is 5. The van der Waals surface area contributed by atoms with Gasteiger partial charge in [-0.3, -0.25) is 0 Å². The molecule has 0 spiro atoms. The Morgan fingerprint density at radius 1 is 0.778 bits per heavy atom. The van der Waals surface area contributed by atoms with E-state index < -0.39 is 0 Å². The van der Waals surface area contributed by atoms with E-state index in [0.717, 1.165) is 19.4 Å². The second-order valence-corrected chi connectivity index (χ2v) is 7.05. The van der Waals surface area contributed by atoms with Crippen molar-refractivity contribution in [2.24, 2.45) is 0 Å². The fourth-order valence-corrected chi connectivity index (χ4v) is 3.65. The lowest BCUT2D eigenvalue weighted by molar-refractivity contribution is 0.289. The number of allylic oxidation sites excluding steroid dienone is 1. The first-order chi connectivity index (χ1) is 13.4. The van der Waals surface area contributed by atoms with Gasteiger partial charge in [-0.1, -0.05) is 103 Å². The van der Waals surface area contributed by atoms with E-state index in [4.69, 9.17) is 0 Å². The number of hydrogen-bond donors (Lipinski definition) is 0. The minimum absolute atomic E-state index is 0.415. The van der Waals surface area contributed by atoms with Crippen molar-refractivity contribution in [3.8, 4) is 0 Å². The zero-order valence-corrected chi connectivity index (χ0v) is 15.5. The van der Waals surface area contributed by atoms with Gasteiger partial charge in [-0.25, -0.2) is 0 Å². The first kappa shape index (κ1) is 17.4. The van der Waals surface area contributed by atoms with E-state index in [1.54, 1.807) is 0 Å². The molecule has 0 saturated carbocycles. The van der Waals surface area contributed by atoms with Gasteiger partial charge in [0.05, 0.1) is 0 Å². The summed E-state index contributed by atoms with van der Waals surface area (Å²) in [5.41, 5.74) is 5.37. The van der Waals surface area contributed by atoms with E-state index >= 15 is 0 Å². The maximum atomic E-state index is 2.49. The molecule has 0 bridgehead atoms. The molecule has 0 radical (unpaired) electrons. The van der Waals surface area contributed by atoms with Crippen LogP contribution in [0.5, 0.6) is 0 Å². The Labute approximate surface area is 162 Å². The molecule has 4 rings (SSSR count). The number of benzene rings is 3. The molecule has 27 heavy (non-hydrogen) atoms. The van der Waals surface area contributed by atoms with Crippen LogP contribution in [-0.2, 0) is 6.54 Å². The van der Waals surface area contributed by atoms with Gasteiger partial charge >= 0.3 is 0 Å². The third kappa shape index (κ3) is 4.57. The van der Waals surface area contributed by atoms with Crippen LogP contribution < -0.4 is 0 Å². The molecule has 0 amide bonds. The van der Waals surface area contributed by atoms with E-state index in [0.29, 0.717) is 6.04 Å². The molecule has 0 unspecified atom stereocenters. The SMILES string of the molecule is C1=C(c2ccccc2)CC[C@H](/C=C/c2ccccc2)N1Cc1ccccc1. The monoisotopic (exact) mass is 351 g/mol. The fraction of sp³-hybridized carbons (Fsp3) is 0.154. The third-order valence-electron chi connectivity index (χ3n) is 5.12. The van der Waals surface area contributed by atoms with E-state index in [9.17, 15) is 0 Å². The van der Waals surface area contributed by atoms with E-state index in [1.807, 2.05) is 0 Å². The fourth-order valence-electron chi connectivity index (χ4n) is 3.65. The topological polar surface area (TPSA) is 3.24 Å². The molecule has 1 heterocycles. The lowest BCUT2D eigenvalue weighted by atomic mass is 9.94. The zero-order chi connectivity index (χ0) is 18.3. The molecule has 134 valence electrons. The number of nitrogens with zero attached hydrogens (tertiary/aromatic N) is 1. The Kier molecular flexibility index (Phi) is 5.50. The van der Waals surface area contributed by atoms with Crippen LogP contribution in [-0.4, -0.2) is 10.9 Å². The average molecular weight is 351 g/mol. The van der Waals surface area contributed by atoms with Gasteiger partial charge in [-0.2, -0.15) is 0 Å².